The molecule has 1 aliphatic carbocycles. The number of rotatable bonds is 5. The van der Waals surface area contributed by atoms with Crippen LogP contribution in [0, 0.1) is 0 Å². The molecule has 0 unspecified atom stereocenters. The summed E-state index contributed by atoms with van der Waals surface area (Å²) in [6.45, 7) is 0. The van der Waals surface area contributed by atoms with E-state index in [1.807, 2.05) is 13.3 Å². The van der Waals surface area contributed by atoms with E-state index < -0.39 is 0 Å². The van der Waals surface area contributed by atoms with Gasteiger partial charge in [-0.1, -0.05) is 19.3 Å². The Kier molecular flexibility index (Phi) is 6.10. The second kappa shape index (κ2) is 7.12. The Morgan fingerprint density at radius 3 is 2.60 bits per heavy atom. The molecule has 4 heteroatoms. The SMILES string of the molecule is CN[C@@H](CSC)C(=O)NC1CCCCC1. The van der Waals surface area contributed by atoms with Crippen LogP contribution in [0.25, 0.3) is 0 Å². The molecular weight excluding hydrogens is 208 g/mol. The number of amides is 1. The van der Waals surface area contributed by atoms with E-state index in [0.717, 1.165) is 18.6 Å². The van der Waals surface area contributed by atoms with Crippen LogP contribution in [0.5, 0.6) is 0 Å². The van der Waals surface area contributed by atoms with Crippen molar-refractivity contribution in [1.29, 1.82) is 0 Å². The molecule has 3 nitrogen and oxygen atoms in total. The lowest BCUT2D eigenvalue weighted by Crippen LogP contribution is -2.48. The van der Waals surface area contributed by atoms with Crippen molar-refractivity contribution >= 4 is 17.7 Å². The summed E-state index contributed by atoms with van der Waals surface area (Å²) < 4.78 is 0. The van der Waals surface area contributed by atoms with Crippen LogP contribution in [0.1, 0.15) is 32.1 Å². The van der Waals surface area contributed by atoms with Crippen LogP contribution >= 0.6 is 11.8 Å². The molecule has 1 rings (SSSR count). The van der Waals surface area contributed by atoms with Crippen LogP contribution < -0.4 is 10.6 Å². The van der Waals surface area contributed by atoms with Gasteiger partial charge in [0.25, 0.3) is 0 Å². The average Bonchev–Trinajstić information content (AvgIpc) is 2.27. The van der Waals surface area contributed by atoms with Gasteiger partial charge in [0.2, 0.25) is 5.91 Å². The van der Waals surface area contributed by atoms with Crippen LogP contribution in [-0.2, 0) is 4.79 Å². The molecule has 1 fully saturated rings. The molecule has 2 N–H and O–H groups in total. The van der Waals surface area contributed by atoms with Crippen LogP contribution in [0.3, 0.4) is 0 Å². The van der Waals surface area contributed by atoms with E-state index >= 15 is 0 Å². The minimum absolute atomic E-state index is 0.0399. The maximum Gasteiger partial charge on any atom is 0.238 e. The van der Waals surface area contributed by atoms with E-state index in [4.69, 9.17) is 0 Å². The number of thioether (sulfide) groups is 1. The van der Waals surface area contributed by atoms with Crippen molar-refractivity contribution in [3.8, 4) is 0 Å². The van der Waals surface area contributed by atoms with Gasteiger partial charge in [0.1, 0.15) is 0 Å². The fourth-order valence-electron chi connectivity index (χ4n) is 2.01. The Labute approximate surface area is 96.8 Å². The van der Waals surface area contributed by atoms with E-state index in [0.29, 0.717) is 6.04 Å². The number of carbonyl (C=O) groups excluding carboxylic acids is 1. The van der Waals surface area contributed by atoms with E-state index in [2.05, 4.69) is 10.6 Å². The molecule has 1 saturated carbocycles. The van der Waals surface area contributed by atoms with Crippen molar-refractivity contribution in [1.82, 2.24) is 10.6 Å². The molecule has 0 radical (unpaired) electrons. The van der Waals surface area contributed by atoms with Gasteiger partial charge in [-0.15, -0.1) is 0 Å². The summed E-state index contributed by atoms with van der Waals surface area (Å²) in [5, 5.41) is 6.20. The second-order valence-corrected chi connectivity index (χ2v) is 5.05. The molecule has 88 valence electrons. The first-order valence-corrected chi connectivity index (χ1v) is 7.14. The van der Waals surface area contributed by atoms with Gasteiger partial charge >= 0.3 is 0 Å². The van der Waals surface area contributed by atoms with Crippen molar-refractivity contribution in [3.63, 3.8) is 0 Å². The van der Waals surface area contributed by atoms with Crippen molar-refractivity contribution in [3.05, 3.63) is 0 Å². The molecule has 0 bridgehead atoms. The maximum absolute atomic E-state index is 11.8. The highest BCUT2D eigenvalue weighted by Crippen LogP contribution is 2.17. The van der Waals surface area contributed by atoms with Crippen molar-refractivity contribution < 1.29 is 4.79 Å². The zero-order chi connectivity index (χ0) is 11.1. The third-order valence-corrected chi connectivity index (χ3v) is 3.62. The first kappa shape index (κ1) is 12.8. The number of nitrogens with one attached hydrogen (secondary N) is 2. The Morgan fingerprint density at radius 1 is 1.40 bits per heavy atom. The highest BCUT2D eigenvalue weighted by Gasteiger charge is 2.20. The van der Waals surface area contributed by atoms with Gasteiger partial charge in [-0.3, -0.25) is 4.79 Å². The Hall–Kier alpha value is -0.220. The van der Waals surface area contributed by atoms with Gasteiger partial charge in [0, 0.05) is 11.8 Å². The van der Waals surface area contributed by atoms with Crippen molar-refractivity contribution in [2.24, 2.45) is 0 Å². The number of likely N-dealkylation sites (N-methyl/N-ethyl adjacent to an activating group) is 1. The van der Waals surface area contributed by atoms with Gasteiger partial charge in [-0.2, -0.15) is 11.8 Å². The zero-order valence-electron chi connectivity index (χ0n) is 9.71. The molecule has 1 amide bonds. The van der Waals surface area contributed by atoms with Crippen LogP contribution in [0.2, 0.25) is 0 Å². The first-order chi connectivity index (χ1) is 7.27. The summed E-state index contributed by atoms with van der Waals surface area (Å²) in [4.78, 5) is 11.8. The summed E-state index contributed by atoms with van der Waals surface area (Å²) in [5.74, 6) is 1.01. The minimum atomic E-state index is -0.0399. The Balaban J connectivity index is 2.31. The molecule has 0 saturated heterocycles. The predicted molar refractivity (Wildman–Crippen MR) is 66.2 cm³/mol. The highest BCUT2D eigenvalue weighted by atomic mass is 32.2. The highest BCUT2D eigenvalue weighted by molar-refractivity contribution is 7.98. The summed E-state index contributed by atoms with van der Waals surface area (Å²) in [5.41, 5.74) is 0. The van der Waals surface area contributed by atoms with Gasteiger partial charge in [-0.05, 0) is 26.1 Å². The third-order valence-electron chi connectivity index (χ3n) is 2.95. The number of carbonyl (C=O) groups is 1. The Morgan fingerprint density at radius 2 is 2.07 bits per heavy atom. The minimum Gasteiger partial charge on any atom is -0.352 e. The predicted octanol–water partition coefficient (Wildman–Crippen LogP) is 1.39. The molecule has 0 aliphatic heterocycles. The molecule has 0 aromatic heterocycles. The molecule has 1 atom stereocenters. The summed E-state index contributed by atoms with van der Waals surface area (Å²) in [6.07, 6.45) is 8.18. The molecular formula is C11H22N2OS. The fourth-order valence-corrected chi connectivity index (χ4v) is 2.66. The topological polar surface area (TPSA) is 41.1 Å². The standard InChI is InChI=1S/C11H22N2OS/c1-12-10(8-15-2)11(14)13-9-6-4-3-5-7-9/h9-10,12H,3-8H2,1-2H3,(H,13,14)/t10-/m0/s1. The monoisotopic (exact) mass is 230 g/mol. The van der Waals surface area contributed by atoms with Gasteiger partial charge < -0.3 is 10.6 Å². The largest absolute Gasteiger partial charge is 0.352 e. The normalized spacial score (nSPS) is 19.9. The van der Waals surface area contributed by atoms with Gasteiger partial charge in [0.05, 0.1) is 6.04 Å². The van der Waals surface area contributed by atoms with Gasteiger partial charge in [0.15, 0.2) is 0 Å². The lowest BCUT2D eigenvalue weighted by molar-refractivity contribution is -0.123. The van der Waals surface area contributed by atoms with Crippen molar-refractivity contribution in [2.75, 3.05) is 19.1 Å². The summed E-state index contributed by atoms with van der Waals surface area (Å²) in [6, 6.07) is 0.380. The molecule has 0 aromatic carbocycles. The molecule has 0 aromatic rings. The van der Waals surface area contributed by atoms with Crippen molar-refractivity contribution in [2.45, 2.75) is 44.2 Å². The maximum atomic E-state index is 11.8. The number of hydrogen-bond acceptors (Lipinski definition) is 3. The molecule has 15 heavy (non-hydrogen) atoms. The average molecular weight is 230 g/mol. The lowest BCUT2D eigenvalue weighted by Gasteiger charge is -2.25. The van der Waals surface area contributed by atoms with Crippen LogP contribution in [-0.4, -0.2) is 37.0 Å². The van der Waals surface area contributed by atoms with E-state index in [-0.39, 0.29) is 11.9 Å². The number of hydrogen-bond donors (Lipinski definition) is 2. The quantitative estimate of drug-likeness (QED) is 0.750. The summed E-state index contributed by atoms with van der Waals surface area (Å²) in [7, 11) is 1.85. The third kappa shape index (κ3) is 4.43. The van der Waals surface area contributed by atoms with E-state index in [9.17, 15) is 4.79 Å². The van der Waals surface area contributed by atoms with Gasteiger partial charge in [-0.25, -0.2) is 0 Å². The lowest BCUT2D eigenvalue weighted by atomic mass is 9.95. The van der Waals surface area contributed by atoms with E-state index in [1.165, 1.54) is 19.3 Å². The molecule has 1 aliphatic rings. The Bertz CT molecular complexity index is 193. The molecule has 0 heterocycles. The molecule has 0 spiro atoms. The van der Waals surface area contributed by atoms with Crippen LogP contribution in [0.4, 0.5) is 0 Å². The zero-order valence-corrected chi connectivity index (χ0v) is 10.5. The summed E-state index contributed by atoms with van der Waals surface area (Å²) >= 11 is 1.70. The van der Waals surface area contributed by atoms with Crippen LogP contribution in [0.15, 0.2) is 0 Å². The second-order valence-electron chi connectivity index (χ2n) is 4.14. The van der Waals surface area contributed by atoms with E-state index in [1.54, 1.807) is 11.8 Å². The smallest absolute Gasteiger partial charge is 0.238 e. The first-order valence-electron chi connectivity index (χ1n) is 5.74. The fraction of sp³-hybridized carbons (Fsp3) is 0.909.